The summed E-state index contributed by atoms with van der Waals surface area (Å²) in [6, 6.07) is 12.8. The Balaban J connectivity index is 2.10. The van der Waals surface area contributed by atoms with Crippen LogP contribution in [-0.2, 0) is 10.4 Å². The molecule has 0 saturated heterocycles. The van der Waals surface area contributed by atoms with E-state index in [4.69, 9.17) is 8.37 Å². The van der Waals surface area contributed by atoms with Crippen LogP contribution in [0.1, 0.15) is 0 Å². The summed E-state index contributed by atoms with van der Waals surface area (Å²) < 4.78 is 34.6. The van der Waals surface area contributed by atoms with Gasteiger partial charge in [-0.2, -0.15) is 0 Å². The molecule has 0 bridgehead atoms. The summed E-state index contributed by atoms with van der Waals surface area (Å²) in [7, 11) is -4.14. The molecular formula is C12H8Br2O4S. The zero-order chi connectivity index (χ0) is 13.9. The summed E-state index contributed by atoms with van der Waals surface area (Å²) in [5.41, 5.74) is 0. The van der Waals surface area contributed by atoms with Crippen molar-refractivity contribution in [2.24, 2.45) is 0 Å². The number of hydrogen-bond donors (Lipinski definition) is 0. The molecule has 0 aromatic heterocycles. The molecule has 0 aliphatic rings. The summed E-state index contributed by atoms with van der Waals surface area (Å²) in [6.45, 7) is 0. The Labute approximate surface area is 127 Å². The van der Waals surface area contributed by atoms with Crippen LogP contribution in [0.15, 0.2) is 57.5 Å². The summed E-state index contributed by atoms with van der Waals surface area (Å²) >= 11 is 6.49. The van der Waals surface area contributed by atoms with Crippen LogP contribution in [0.5, 0.6) is 11.5 Å². The van der Waals surface area contributed by atoms with Crippen LogP contribution in [0.25, 0.3) is 0 Å². The van der Waals surface area contributed by atoms with Gasteiger partial charge in [0.1, 0.15) is 11.5 Å². The molecule has 0 radical (unpaired) electrons. The first-order valence-corrected chi connectivity index (χ1v) is 8.01. The lowest BCUT2D eigenvalue weighted by Crippen LogP contribution is -2.16. The Morgan fingerprint density at radius 3 is 1.32 bits per heavy atom. The molecule has 0 aliphatic carbocycles. The number of benzene rings is 2. The van der Waals surface area contributed by atoms with Crippen LogP contribution in [0.2, 0.25) is 0 Å². The monoisotopic (exact) mass is 406 g/mol. The first-order chi connectivity index (χ1) is 8.94. The van der Waals surface area contributed by atoms with E-state index in [1.54, 1.807) is 24.3 Å². The molecule has 0 atom stereocenters. The van der Waals surface area contributed by atoms with Gasteiger partial charge in [0.15, 0.2) is 0 Å². The van der Waals surface area contributed by atoms with Gasteiger partial charge in [-0.05, 0) is 48.5 Å². The molecule has 7 heteroatoms. The van der Waals surface area contributed by atoms with Gasteiger partial charge in [0, 0.05) is 8.95 Å². The minimum Gasteiger partial charge on any atom is -0.353 e. The highest BCUT2D eigenvalue weighted by Gasteiger charge is 2.15. The topological polar surface area (TPSA) is 52.6 Å². The van der Waals surface area contributed by atoms with E-state index in [-0.39, 0.29) is 11.5 Å². The lowest BCUT2D eigenvalue weighted by atomic mass is 10.3. The molecule has 100 valence electrons. The van der Waals surface area contributed by atoms with Crippen molar-refractivity contribution in [3.63, 3.8) is 0 Å². The second-order valence-electron chi connectivity index (χ2n) is 3.48. The third-order valence-electron chi connectivity index (χ3n) is 2.02. The Kier molecular flexibility index (Phi) is 4.49. The fourth-order valence-electron chi connectivity index (χ4n) is 1.23. The first kappa shape index (κ1) is 14.4. The fraction of sp³-hybridized carbons (Fsp3) is 0. The third-order valence-corrected chi connectivity index (χ3v) is 3.87. The maximum absolute atomic E-state index is 11.7. The van der Waals surface area contributed by atoms with Crippen LogP contribution in [-0.4, -0.2) is 8.42 Å². The molecule has 0 aliphatic heterocycles. The van der Waals surface area contributed by atoms with Crippen molar-refractivity contribution in [3.8, 4) is 11.5 Å². The highest BCUT2D eigenvalue weighted by Crippen LogP contribution is 2.21. The van der Waals surface area contributed by atoms with Crippen molar-refractivity contribution in [1.82, 2.24) is 0 Å². The molecule has 2 rings (SSSR count). The fourth-order valence-corrected chi connectivity index (χ4v) is 2.49. The SMILES string of the molecule is O=S(=O)(Oc1ccc(Br)cc1)Oc1ccc(Br)cc1. The summed E-state index contributed by atoms with van der Waals surface area (Å²) in [5.74, 6) is 0.362. The van der Waals surface area contributed by atoms with Crippen molar-refractivity contribution in [1.29, 1.82) is 0 Å². The van der Waals surface area contributed by atoms with Gasteiger partial charge in [-0.3, -0.25) is 0 Å². The average Bonchev–Trinajstić information content (AvgIpc) is 2.34. The molecule has 4 nitrogen and oxygen atoms in total. The van der Waals surface area contributed by atoms with Crippen molar-refractivity contribution >= 4 is 42.3 Å². The van der Waals surface area contributed by atoms with E-state index in [1.807, 2.05) is 0 Å². The predicted octanol–water partition coefficient (Wildman–Crippen LogP) is 3.91. The maximum atomic E-state index is 11.7. The number of hydrogen-bond acceptors (Lipinski definition) is 4. The predicted molar refractivity (Wildman–Crippen MR) is 78.5 cm³/mol. The zero-order valence-electron chi connectivity index (χ0n) is 9.42. The van der Waals surface area contributed by atoms with Crippen LogP contribution >= 0.6 is 31.9 Å². The molecule has 0 N–H and O–H groups in total. The van der Waals surface area contributed by atoms with Crippen molar-refractivity contribution in [2.75, 3.05) is 0 Å². The first-order valence-electron chi connectivity index (χ1n) is 5.10. The number of halogens is 2. The Morgan fingerprint density at radius 1 is 0.684 bits per heavy atom. The van der Waals surface area contributed by atoms with E-state index in [2.05, 4.69) is 31.9 Å². The molecule has 2 aromatic carbocycles. The van der Waals surface area contributed by atoms with Gasteiger partial charge in [0.05, 0.1) is 0 Å². The third kappa shape index (κ3) is 4.52. The minimum absolute atomic E-state index is 0.181. The van der Waals surface area contributed by atoms with E-state index in [0.717, 1.165) is 8.95 Å². The second kappa shape index (κ2) is 5.94. The number of rotatable bonds is 4. The summed E-state index contributed by atoms with van der Waals surface area (Å²) in [5, 5.41) is 0. The molecule has 0 spiro atoms. The van der Waals surface area contributed by atoms with Crippen molar-refractivity contribution < 1.29 is 16.8 Å². The summed E-state index contributed by atoms with van der Waals surface area (Å²) in [6.07, 6.45) is 0. The van der Waals surface area contributed by atoms with Gasteiger partial charge < -0.3 is 8.37 Å². The highest BCUT2D eigenvalue weighted by molar-refractivity contribution is 9.10. The van der Waals surface area contributed by atoms with Gasteiger partial charge in [-0.1, -0.05) is 31.9 Å². The Bertz CT molecular complexity index is 598. The van der Waals surface area contributed by atoms with Crippen LogP contribution < -0.4 is 8.37 Å². The quantitative estimate of drug-likeness (QED) is 0.770. The van der Waals surface area contributed by atoms with Crippen molar-refractivity contribution in [3.05, 3.63) is 57.5 Å². The minimum atomic E-state index is -4.14. The van der Waals surface area contributed by atoms with E-state index in [0.29, 0.717) is 0 Å². The zero-order valence-corrected chi connectivity index (χ0v) is 13.4. The molecular weight excluding hydrogens is 400 g/mol. The average molecular weight is 408 g/mol. The largest absolute Gasteiger partial charge is 0.500 e. The van der Waals surface area contributed by atoms with Gasteiger partial charge in [-0.25, -0.2) is 0 Å². The van der Waals surface area contributed by atoms with Gasteiger partial charge in [0.2, 0.25) is 0 Å². The molecule has 0 saturated carbocycles. The Morgan fingerprint density at radius 2 is 1.00 bits per heavy atom. The Hall–Kier alpha value is -1.05. The molecule has 19 heavy (non-hydrogen) atoms. The molecule has 0 heterocycles. The molecule has 0 amide bonds. The molecule has 2 aromatic rings. The van der Waals surface area contributed by atoms with Gasteiger partial charge >= 0.3 is 10.4 Å². The van der Waals surface area contributed by atoms with E-state index >= 15 is 0 Å². The maximum Gasteiger partial charge on any atom is 0.500 e. The van der Waals surface area contributed by atoms with Gasteiger partial charge in [0.25, 0.3) is 0 Å². The lowest BCUT2D eigenvalue weighted by Gasteiger charge is -2.07. The van der Waals surface area contributed by atoms with Crippen LogP contribution in [0, 0.1) is 0 Å². The van der Waals surface area contributed by atoms with Crippen LogP contribution in [0.4, 0.5) is 0 Å². The summed E-state index contributed by atoms with van der Waals surface area (Å²) in [4.78, 5) is 0. The standard InChI is InChI=1S/C12H8Br2O4S/c13-9-1-5-11(6-2-9)17-19(15,16)18-12-7-3-10(14)4-8-12/h1-8H. The van der Waals surface area contributed by atoms with E-state index in [9.17, 15) is 8.42 Å². The normalized spacial score (nSPS) is 11.1. The van der Waals surface area contributed by atoms with Crippen molar-refractivity contribution in [2.45, 2.75) is 0 Å². The smallest absolute Gasteiger partial charge is 0.353 e. The van der Waals surface area contributed by atoms with E-state index in [1.165, 1.54) is 24.3 Å². The molecule has 0 fully saturated rings. The van der Waals surface area contributed by atoms with Gasteiger partial charge in [-0.15, -0.1) is 8.42 Å². The highest BCUT2D eigenvalue weighted by atomic mass is 79.9. The van der Waals surface area contributed by atoms with Crippen LogP contribution in [0.3, 0.4) is 0 Å². The van der Waals surface area contributed by atoms with E-state index < -0.39 is 10.4 Å². The lowest BCUT2D eigenvalue weighted by molar-refractivity contribution is 0.392. The second-order valence-corrected chi connectivity index (χ2v) is 6.46. The molecule has 0 unspecified atom stereocenters.